The van der Waals surface area contributed by atoms with E-state index in [1.165, 1.54) is 5.56 Å². The number of benzene rings is 2. The predicted octanol–water partition coefficient (Wildman–Crippen LogP) is 6.04. The van der Waals surface area contributed by atoms with Gasteiger partial charge in [0, 0.05) is 19.2 Å². The Kier molecular flexibility index (Phi) is 7.51. The van der Waals surface area contributed by atoms with Crippen LogP contribution in [-0.4, -0.2) is 34.4 Å². The summed E-state index contributed by atoms with van der Waals surface area (Å²) in [5.74, 6) is 0.0237. The second kappa shape index (κ2) is 10.7. The molecule has 0 spiro atoms. The average molecular weight is 458 g/mol. The second-order valence-corrected chi connectivity index (χ2v) is 9.14. The maximum Gasteiger partial charge on any atom is 0.247 e. The van der Waals surface area contributed by atoms with Gasteiger partial charge in [-0.1, -0.05) is 68.7 Å². The van der Waals surface area contributed by atoms with Crippen LogP contribution in [-0.2, 0) is 9.59 Å². The number of aromatic nitrogens is 1. The molecule has 0 aliphatic carbocycles. The van der Waals surface area contributed by atoms with Crippen molar-refractivity contribution in [1.29, 1.82) is 0 Å². The second-order valence-electron chi connectivity index (χ2n) is 9.14. The number of rotatable bonds is 9. The number of aryl methyl sites for hydroxylation is 1. The fourth-order valence-corrected chi connectivity index (χ4v) is 4.69. The summed E-state index contributed by atoms with van der Waals surface area (Å²) in [6, 6.07) is 20.3. The molecule has 0 saturated carbocycles. The number of hydrogen-bond donors (Lipinski definition) is 0. The molecule has 0 radical (unpaired) electrons. The minimum atomic E-state index is -0.253. The molecule has 2 amide bonds. The summed E-state index contributed by atoms with van der Waals surface area (Å²) < 4.78 is 2.17. The van der Waals surface area contributed by atoms with E-state index in [0.29, 0.717) is 13.0 Å². The van der Waals surface area contributed by atoms with Crippen LogP contribution in [0.5, 0.6) is 0 Å². The molecule has 0 saturated heterocycles. The molecule has 1 aliphatic rings. The van der Waals surface area contributed by atoms with Crippen molar-refractivity contribution in [3.63, 3.8) is 0 Å². The number of amides is 2. The van der Waals surface area contributed by atoms with Gasteiger partial charge in [0.15, 0.2) is 0 Å². The third-order valence-electron chi connectivity index (χ3n) is 6.59. The average Bonchev–Trinajstić information content (AvgIpc) is 3.34. The Hall–Kier alpha value is -3.34. The lowest BCUT2D eigenvalue weighted by molar-refractivity contribution is -0.135. The van der Waals surface area contributed by atoms with Crippen LogP contribution < -0.4 is 4.90 Å². The number of hydrogen-bond acceptors (Lipinski definition) is 2. The molecule has 1 atom stereocenters. The molecular formula is C29H35N3O2. The van der Waals surface area contributed by atoms with Crippen LogP contribution in [0.4, 0.5) is 5.69 Å². The van der Waals surface area contributed by atoms with Crippen LogP contribution >= 0.6 is 0 Å². The zero-order valence-electron chi connectivity index (χ0n) is 20.5. The lowest BCUT2D eigenvalue weighted by Gasteiger charge is -2.39. The van der Waals surface area contributed by atoms with Crippen molar-refractivity contribution in [3.8, 4) is 5.69 Å². The van der Waals surface area contributed by atoms with E-state index >= 15 is 0 Å². The van der Waals surface area contributed by atoms with E-state index in [1.54, 1.807) is 4.90 Å². The van der Waals surface area contributed by atoms with E-state index in [-0.39, 0.29) is 24.4 Å². The third kappa shape index (κ3) is 4.79. The molecule has 4 rings (SSSR count). The predicted molar refractivity (Wildman–Crippen MR) is 137 cm³/mol. The SMILES string of the molecule is CCCCC(=O)N(CCCC)CC(=O)N1c2ccccc2-n2cccc2C1c1ccc(C)cc1. The standard InChI is InChI=1S/C29H35N3O2/c1-4-6-14-27(33)30(19-7-5-2)21-28(34)32-25-12-9-8-11-24(25)31-20-10-13-26(31)29(32)23-17-15-22(3)16-18-23/h8-13,15-18,20,29H,4-7,14,19,21H2,1-3H3. The van der Waals surface area contributed by atoms with Crippen molar-refractivity contribution in [2.45, 2.75) is 58.9 Å². The van der Waals surface area contributed by atoms with Gasteiger partial charge >= 0.3 is 0 Å². The summed E-state index contributed by atoms with van der Waals surface area (Å²) in [6.45, 7) is 6.98. The monoisotopic (exact) mass is 457 g/mol. The van der Waals surface area contributed by atoms with E-state index < -0.39 is 0 Å². The first-order valence-corrected chi connectivity index (χ1v) is 12.5. The first-order valence-electron chi connectivity index (χ1n) is 12.5. The van der Waals surface area contributed by atoms with E-state index in [0.717, 1.165) is 48.3 Å². The van der Waals surface area contributed by atoms with Crippen molar-refractivity contribution in [2.75, 3.05) is 18.0 Å². The van der Waals surface area contributed by atoms with Gasteiger partial charge in [0.25, 0.3) is 0 Å². The molecule has 2 aromatic carbocycles. The Labute approximate surface area is 203 Å². The maximum absolute atomic E-state index is 14.0. The van der Waals surface area contributed by atoms with Crippen molar-refractivity contribution in [2.24, 2.45) is 0 Å². The molecular weight excluding hydrogens is 422 g/mol. The van der Waals surface area contributed by atoms with Crippen molar-refractivity contribution in [1.82, 2.24) is 9.47 Å². The van der Waals surface area contributed by atoms with Gasteiger partial charge in [-0.2, -0.15) is 0 Å². The maximum atomic E-state index is 14.0. The number of anilines is 1. The summed E-state index contributed by atoms with van der Waals surface area (Å²) in [6.07, 6.45) is 6.24. The molecule has 34 heavy (non-hydrogen) atoms. The highest BCUT2D eigenvalue weighted by Crippen LogP contribution is 2.42. The van der Waals surface area contributed by atoms with Gasteiger partial charge in [0.2, 0.25) is 11.8 Å². The van der Waals surface area contributed by atoms with Crippen LogP contribution in [0.3, 0.4) is 0 Å². The summed E-state index contributed by atoms with van der Waals surface area (Å²) >= 11 is 0. The minimum absolute atomic E-state index is 0.0496. The first kappa shape index (κ1) is 23.8. The highest BCUT2D eigenvalue weighted by atomic mass is 16.2. The van der Waals surface area contributed by atoms with Gasteiger partial charge in [-0.3, -0.25) is 14.5 Å². The highest BCUT2D eigenvalue weighted by molar-refractivity contribution is 6.00. The lowest BCUT2D eigenvalue weighted by atomic mass is 9.97. The zero-order chi connectivity index (χ0) is 24.1. The Balaban J connectivity index is 1.74. The highest BCUT2D eigenvalue weighted by Gasteiger charge is 2.36. The quantitative estimate of drug-likeness (QED) is 0.393. The Morgan fingerprint density at radius 3 is 2.29 bits per heavy atom. The van der Waals surface area contributed by atoms with E-state index in [9.17, 15) is 9.59 Å². The molecule has 178 valence electrons. The van der Waals surface area contributed by atoms with E-state index in [1.807, 2.05) is 35.2 Å². The lowest BCUT2D eigenvalue weighted by Crippen LogP contribution is -2.47. The Morgan fingerprint density at radius 2 is 1.59 bits per heavy atom. The third-order valence-corrected chi connectivity index (χ3v) is 6.59. The fraction of sp³-hybridized carbons (Fsp3) is 0.379. The van der Waals surface area contributed by atoms with Gasteiger partial charge in [-0.05, 0) is 49.6 Å². The Morgan fingerprint density at radius 1 is 0.882 bits per heavy atom. The molecule has 0 bridgehead atoms. The van der Waals surface area contributed by atoms with Crippen molar-refractivity contribution >= 4 is 17.5 Å². The largest absolute Gasteiger partial charge is 0.333 e. The summed E-state index contributed by atoms with van der Waals surface area (Å²) in [5.41, 5.74) is 5.15. The summed E-state index contributed by atoms with van der Waals surface area (Å²) in [4.78, 5) is 30.7. The topological polar surface area (TPSA) is 45.6 Å². The van der Waals surface area contributed by atoms with Crippen molar-refractivity contribution < 1.29 is 9.59 Å². The van der Waals surface area contributed by atoms with Gasteiger partial charge in [0.1, 0.15) is 12.6 Å². The van der Waals surface area contributed by atoms with Crippen LogP contribution in [0.2, 0.25) is 0 Å². The van der Waals surface area contributed by atoms with Crippen LogP contribution in [0.25, 0.3) is 5.69 Å². The number of unbranched alkanes of at least 4 members (excludes halogenated alkanes) is 2. The van der Waals surface area contributed by atoms with E-state index in [2.05, 4.69) is 61.9 Å². The van der Waals surface area contributed by atoms with Gasteiger partial charge in [-0.15, -0.1) is 0 Å². The Bertz CT molecular complexity index is 1130. The minimum Gasteiger partial charge on any atom is -0.333 e. The van der Waals surface area contributed by atoms with E-state index in [4.69, 9.17) is 0 Å². The number of nitrogens with zero attached hydrogens (tertiary/aromatic N) is 3. The van der Waals surface area contributed by atoms with Crippen LogP contribution in [0, 0.1) is 6.92 Å². The zero-order valence-corrected chi connectivity index (χ0v) is 20.5. The smallest absolute Gasteiger partial charge is 0.247 e. The number of para-hydroxylation sites is 2. The molecule has 5 nitrogen and oxygen atoms in total. The molecule has 1 aliphatic heterocycles. The molecule has 1 unspecified atom stereocenters. The van der Waals surface area contributed by atoms with Crippen molar-refractivity contribution in [3.05, 3.63) is 83.7 Å². The van der Waals surface area contributed by atoms with Gasteiger partial charge in [-0.25, -0.2) is 0 Å². The molecule has 3 aromatic rings. The van der Waals surface area contributed by atoms with Crippen LogP contribution in [0.15, 0.2) is 66.9 Å². The molecule has 0 fully saturated rings. The molecule has 1 aromatic heterocycles. The fourth-order valence-electron chi connectivity index (χ4n) is 4.69. The number of fused-ring (bicyclic) bond motifs is 3. The normalized spacial score (nSPS) is 14.4. The van der Waals surface area contributed by atoms with Gasteiger partial charge in [0.05, 0.1) is 17.1 Å². The summed E-state index contributed by atoms with van der Waals surface area (Å²) in [5, 5.41) is 0. The number of carbonyl (C=O) groups excluding carboxylic acids is 2. The van der Waals surface area contributed by atoms with Gasteiger partial charge < -0.3 is 9.47 Å². The van der Waals surface area contributed by atoms with Crippen LogP contribution in [0.1, 0.15) is 68.8 Å². The molecule has 2 heterocycles. The molecule has 5 heteroatoms. The molecule has 0 N–H and O–H groups in total. The first-order chi connectivity index (χ1) is 16.5. The number of carbonyl (C=O) groups is 2. The summed E-state index contributed by atoms with van der Waals surface area (Å²) in [7, 11) is 0.